The monoisotopic (exact) mass is 505 g/mol. The fourth-order valence-corrected chi connectivity index (χ4v) is 4.93. The number of hydrogen-bond donors (Lipinski definition) is 2. The maximum Gasteiger partial charge on any atom is 0.322 e. The lowest BCUT2D eigenvalue weighted by Crippen LogP contribution is -2.55. The largest absolute Gasteiger partial charge is 0.341 e. The number of nitrogens with zero attached hydrogens (tertiary/aromatic N) is 3. The fourth-order valence-electron chi connectivity index (χ4n) is 4.74. The molecule has 0 radical (unpaired) electrons. The summed E-state index contributed by atoms with van der Waals surface area (Å²) in [6.07, 6.45) is 5.20. The minimum atomic E-state index is -0.776. The molecular formula is C24H29ClFN5O4. The van der Waals surface area contributed by atoms with E-state index in [2.05, 4.69) is 15.5 Å². The van der Waals surface area contributed by atoms with Crippen LogP contribution in [0.1, 0.15) is 31.2 Å². The Morgan fingerprint density at radius 3 is 2.54 bits per heavy atom. The maximum absolute atomic E-state index is 13.3. The van der Waals surface area contributed by atoms with Gasteiger partial charge in [0, 0.05) is 51.8 Å². The lowest BCUT2D eigenvalue weighted by Gasteiger charge is -2.37. The number of likely N-dealkylation sites (tertiary alicyclic amines) is 1. The highest BCUT2D eigenvalue weighted by atomic mass is 35.5. The minimum absolute atomic E-state index is 0.00419. The Morgan fingerprint density at radius 1 is 1.09 bits per heavy atom. The van der Waals surface area contributed by atoms with Gasteiger partial charge in [-0.15, -0.1) is 0 Å². The molecule has 3 fully saturated rings. The highest BCUT2D eigenvalue weighted by Crippen LogP contribution is 2.25. The van der Waals surface area contributed by atoms with Crippen molar-refractivity contribution in [3.63, 3.8) is 0 Å². The van der Waals surface area contributed by atoms with E-state index in [4.69, 9.17) is 11.6 Å². The van der Waals surface area contributed by atoms with Crippen LogP contribution in [0.2, 0.25) is 5.02 Å². The number of benzene rings is 1. The van der Waals surface area contributed by atoms with Gasteiger partial charge < -0.3 is 20.0 Å². The second kappa shape index (κ2) is 10.7. The van der Waals surface area contributed by atoms with E-state index < -0.39 is 17.4 Å². The molecule has 3 saturated heterocycles. The third-order valence-corrected chi connectivity index (χ3v) is 7.18. The van der Waals surface area contributed by atoms with Crippen molar-refractivity contribution in [3.05, 3.63) is 40.7 Å². The molecule has 3 heterocycles. The quantitative estimate of drug-likeness (QED) is 0.452. The molecule has 1 aromatic rings. The molecule has 35 heavy (non-hydrogen) atoms. The number of carbonyl (C=O) groups excluding carboxylic acids is 4. The fraction of sp³-hybridized carbons (Fsp3) is 0.500. The summed E-state index contributed by atoms with van der Waals surface area (Å²) in [5.74, 6) is -0.934. The topological polar surface area (TPSA) is 102 Å². The SMILES string of the molecule is O=C1NC(=O)C2(CCN(CCCN3CCN(C(=O)C=Cc4ccc(F)c(Cl)c4)CCC3=O)CC2)N1. The summed E-state index contributed by atoms with van der Waals surface area (Å²) in [5.41, 5.74) is -0.154. The Balaban J connectivity index is 1.21. The van der Waals surface area contributed by atoms with E-state index in [1.165, 1.54) is 18.2 Å². The first kappa shape index (κ1) is 25.1. The highest BCUT2D eigenvalue weighted by Gasteiger charge is 2.47. The highest BCUT2D eigenvalue weighted by molar-refractivity contribution is 6.30. The normalized spacial score (nSPS) is 20.9. The van der Waals surface area contributed by atoms with Gasteiger partial charge in [-0.2, -0.15) is 0 Å². The molecule has 0 saturated carbocycles. The predicted molar refractivity (Wildman–Crippen MR) is 128 cm³/mol. The van der Waals surface area contributed by atoms with Gasteiger partial charge in [-0.05, 0) is 49.6 Å². The number of nitrogens with one attached hydrogen (secondary N) is 2. The van der Waals surface area contributed by atoms with E-state index >= 15 is 0 Å². The zero-order valence-electron chi connectivity index (χ0n) is 19.4. The Labute approximate surface area is 208 Å². The lowest BCUT2D eigenvalue weighted by molar-refractivity contribution is -0.130. The molecule has 5 amide bonds. The van der Waals surface area contributed by atoms with Gasteiger partial charge in [0.15, 0.2) is 0 Å². The van der Waals surface area contributed by atoms with Crippen molar-refractivity contribution in [2.24, 2.45) is 0 Å². The summed E-state index contributed by atoms with van der Waals surface area (Å²) < 4.78 is 13.3. The van der Waals surface area contributed by atoms with Gasteiger partial charge in [0.05, 0.1) is 5.02 Å². The first-order chi connectivity index (χ1) is 16.8. The molecule has 1 spiro atoms. The van der Waals surface area contributed by atoms with Crippen molar-refractivity contribution < 1.29 is 23.6 Å². The zero-order chi connectivity index (χ0) is 25.0. The molecule has 0 aliphatic carbocycles. The molecular weight excluding hydrogens is 477 g/mol. The number of carbonyl (C=O) groups is 4. The molecule has 3 aliphatic rings. The van der Waals surface area contributed by atoms with Gasteiger partial charge in [-0.1, -0.05) is 17.7 Å². The van der Waals surface area contributed by atoms with Crippen LogP contribution in [0.15, 0.2) is 24.3 Å². The molecule has 4 rings (SSSR count). The molecule has 188 valence electrons. The zero-order valence-corrected chi connectivity index (χ0v) is 20.2. The van der Waals surface area contributed by atoms with E-state index in [0.717, 1.165) is 13.0 Å². The Bertz CT molecular complexity index is 1040. The van der Waals surface area contributed by atoms with Crippen molar-refractivity contribution in [2.45, 2.75) is 31.2 Å². The third-order valence-electron chi connectivity index (χ3n) is 6.89. The average Bonchev–Trinajstić information content (AvgIpc) is 2.98. The van der Waals surface area contributed by atoms with Crippen LogP contribution in [0.3, 0.4) is 0 Å². The number of piperidine rings is 1. The van der Waals surface area contributed by atoms with Gasteiger partial charge in [-0.25, -0.2) is 9.18 Å². The van der Waals surface area contributed by atoms with Gasteiger partial charge in [0.2, 0.25) is 11.8 Å². The Hall–Kier alpha value is -2.98. The summed E-state index contributed by atoms with van der Waals surface area (Å²) in [5, 5.41) is 5.07. The predicted octanol–water partition coefficient (Wildman–Crippen LogP) is 1.62. The number of amides is 5. The standard InChI is InChI=1S/C24H29ClFN5O4/c25-18-16-17(2-4-19(18)26)3-5-20(32)31-11-6-21(33)30(14-15-31)10-1-9-29-12-7-24(8-13-29)22(34)27-23(35)28-24/h2-5,16H,1,6-15H2,(H2,27,28,34,35). The van der Waals surface area contributed by atoms with Gasteiger partial charge in [0.1, 0.15) is 11.4 Å². The van der Waals surface area contributed by atoms with E-state index in [1.807, 2.05) is 0 Å². The summed E-state index contributed by atoms with van der Waals surface area (Å²) in [7, 11) is 0. The molecule has 1 aromatic carbocycles. The second-order valence-corrected chi connectivity index (χ2v) is 9.56. The van der Waals surface area contributed by atoms with Crippen LogP contribution >= 0.6 is 11.6 Å². The van der Waals surface area contributed by atoms with E-state index in [0.29, 0.717) is 57.7 Å². The molecule has 3 aliphatic heterocycles. The van der Waals surface area contributed by atoms with Gasteiger partial charge in [-0.3, -0.25) is 19.7 Å². The van der Waals surface area contributed by atoms with Crippen LogP contribution in [0, 0.1) is 5.82 Å². The number of hydrogen-bond acceptors (Lipinski definition) is 5. The molecule has 11 heteroatoms. The minimum Gasteiger partial charge on any atom is -0.341 e. The van der Waals surface area contributed by atoms with Crippen LogP contribution in [0.5, 0.6) is 0 Å². The summed E-state index contributed by atoms with van der Waals surface area (Å²) >= 11 is 5.78. The Morgan fingerprint density at radius 2 is 1.86 bits per heavy atom. The molecule has 2 N–H and O–H groups in total. The van der Waals surface area contributed by atoms with Crippen molar-refractivity contribution in [1.82, 2.24) is 25.3 Å². The van der Waals surface area contributed by atoms with Crippen molar-refractivity contribution >= 4 is 41.4 Å². The van der Waals surface area contributed by atoms with Crippen molar-refractivity contribution in [2.75, 3.05) is 45.8 Å². The molecule has 9 nitrogen and oxygen atoms in total. The summed E-state index contributed by atoms with van der Waals surface area (Å²) in [4.78, 5) is 54.4. The van der Waals surface area contributed by atoms with Crippen molar-refractivity contribution in [3.8, 4) is 0 Å². The third kappa shape index (κ3) is 5.99. The van der Waals surface area contributed by atoms with Crippen LogP contribution in [-0.4, -0.2) is 89.8 Å². The molecule has 0 aromatic heterocycles. The van der Waals surface area contributed by atoms with Crippen LogP contribution in [0.25, 0.3) is 6.08 Å². The van der Waals surface area contributed by atoms with Crippen LogP contribution in [-0.2, 0) is 14.4 Å². The number of halogens is 2. The van der Waals surface area contributed by atoms with Gasteiger partial charge >= 0.3 is 6.03 Å². The van der Waals surface area contributed by atoms with Crippen molar-refractivity contribution in [1.29, 1.82) is 0 Å². The molecule has 0 atom stereocenters. The maximum atomic E-state index is 13.3. The number of rotatable bonds is 6. The Kier molecular flexibility index (Phi) is 7.71. The second-order valence-electron chi connectivity index (χ2n) is 9.15. The molecule has 0 bridgehead atoms. The number of urea groups is 1. The summed E-state index contributed by atoms with van der Waals surface area (Å²) in [6.45, 7) is 4.07. The van der Waals surface area contributed by atoms with Gasteiger partial charge in [0.25, 0.3) is 5.91 Å². The first-order valence-corrected chi connectivity index (χ1v) is 12.2. The van der Waals surface area contributed by atoms with Crippen LogP contribution in [0.4, 0.5) is 9.18 Å². The van der Waals surface area contributed by atoms with Crippen LogP contribution < -0.4 is 10.6 Å². The van der Waals surface area contributed by atoms with E-state index in [-0.39, 0.29) is 29.2 Å². The molecule has 0 unspecified atom stereocenters. The average molecular weight is 506 g/mol. The smallest absolute Gasteiger partial charge is 0.322 e. The summed E-state index contributed by atoms with van der Waals surface area (Å²) in [6, 6.07) is 3.82. The van der Waals surface area contributed by atoms with E-state index in [9.17, 15) is 23.6 Å². The lowest BCUT2D eigenvalue weighted by atomic mass is 9.87. The van der Waals surface area contributed by atoms with E-state index in [1.54, 1.807) is 21.9 Å². The first-order valence-electron chi connectivity index (χ1n) is 11.8. The number of imide groups is 1.